The van der Waals surface area contributed by atoms with Gasteiger partial charge in [-0.1, -0.05) is 167 Å². The molecule has 0 spiro atoms. The highest BCUT2D eigenvalue weighted by Gasteiger charge is 2.35. The molecule has 0 aliphatic heterocycles. The normalized spacial score (nSPS) is 11.3. The van der Waals surface area contributed by atoms with Crippen LogP contribution in [0.2, 0.25) is 0 Å². The van der Waals surface area contributed by atoms with Gasteiger partial charge in [0.25, 0.3) is 0 Å². The van der Waals surface area contributed by atoms with Gasteiger partial charge >= 0.3 is 7.60 Å². The maximum Gasteiger partial charge on any atom is 0.379 e. The van der Waals surface area contributed by atoms with Gasteiger partial charge in [-0.25, -0.2) is 18.7 Å². The van der Waals surface area contributed by atoms with Gasteiger partial charge in [0, 0.05) is 22.3 Å². The minimum Gasteiger partial charge on any atom is -0.304 e. The second-order valence-electron chi connectivity index (χ2n) is 14.7. The summed E-state index contributed by atoms with van der Waals surface area (Å²) in [6.07, 6.45) is 3.43. The third-order valence-electron chi connectivity index (χ3n) is 10.5. The first-order valence-electron chi connectivity index (χ1n) is 21.3. The lowest BCUT2D eigenvalue weighted by Crippen LogP contribution is -2.21. The van der Waals surface area contributed by atoms with E-state index >= 15 is 0 Å². The lowest BCUT2D eigenvalue weighted by molar-refractivity contribution is 0.228. The molecule has 0 fully saturated rings. The zero-order valence-corrected chi connectivity index (χ0v) is 37.9. The van der Waals surface area contributed by atoms with Gasteiger partial charge in [-0.05, 0) is 50.2 Å². The summed E-state index contributed by atoms with van der Waals surface area (Å²) in [6, 6.07) is 64.4. The van der Waals surface area contributed by atoms with E-state index in [1.54, 1.807) is 30.8 Å². The Morgan fingerprint density at radius 3 is 1.18 bits per heavy atom. The smallest absolute Gasteiger partial charge is 0.304 e. The maximum atomic E-state index is 13.9. The van der Waals surface area contributed by atoms with Crippen LogP contribution in [0.1, 0.15) is 13.8 Å². The van der Waals surface area contributed by atoms with Crippen molar-refractivity contribution in [2.45, 2.75) is 13.8 Å². The van der Waals surface area contributed by atoms with Gasteiger partial charge in [-0.3, -0.25) is 4.57 Å². The van der Waals surface area contributed by atoms with Crippen LogP contribution in [0.5, 0.6) is 0 Å². The molecule has 0 saturated heterocycles. The molecular weight excluding hydrogens is 847 g/mol. The van der Waals surface area contributed by atoms with Crippen LogP contribution in [0, 0.1) is 0 Å². The average molecular weight is 893 g/mol. The second kappa shape index (κ2) is 19.6. The summed E-state index contributed by atoms with van der Waals surface area (Å²) in [5.74, 6) is 0. The number of rotatable bonds is 13. The fourth-order valence-corrected chi connectivity index (χ4v) is 9.64. The summed E-state index contributed by atoms with van der Waals surface area (Å²) < 4.78 is 32.8. The second-order valence-corrected chi connectivity index (χ2v) is 17.2. The van der Waals surface area contributed by atoms with Crippen molar-refractivity contribution in [3.8, 4) is 67.8 Å². The Hall–Kier alpha value is -7.26. The Morgan fingerprint density at radius 1 is 0.446 bits per heavy atom. The molecular formula is C52H46N8O3P2. The quantitative estimate of drug-likeness (QED) is 0.106. The zero-order valence-electron chi connectivity index (χ0n) is 35.9. The third-order valence-corrected chi connectivity index (χ3v) is 13.0. The standard InChI is InChI=1S/C28H27N4O3P.C24H19N4P/c1-3-34-36(33,35-4-2)25-20-21-29-32(25)28-26(22-14-8-5-9-15-22)30-31(24-18-12-7-13-19-24)27(28)23-16-10-6-11-17-23;29-21-16-17-25-28(21)24-22(18-10-4-1-5-11-18)26-27(20-14-8-3-9-15-20)23(24)19-12-6-2-7-13-19/h5-21H,3-4H2,1-2H3;1-17H,29H2. The first kappa shape index (κ1) is 43.0. The van der Waals surface area contributed by atoms with Crippen molar-refractivity contribution < 1.29 is 13.6 Å². The Bertz CT molecular complexity index is 3150. The van der Waals surface area contributed by atoms with E-state index in [1.807, 2.05) is 172 Å². The van der Waals surface area contributed by atoms with Crippen LogP contribution >= 0.6 is 16.8 Å². The summed E-state index contributed by atoms with van der Waals surface area (Å²) >= 11 is 0. The lowest BCUT2D eigenvalue weighted by Gasteiger charge is -2.19. The van der Waals surface area contributed by atoms with Gasteiger partial charge in [-0.15, -0.1) is 0 Å². The van der Waals surface area contributed by atoms with Crippen LogP contribution in [0.3, 0.4) is 0 Å². The van der Waals surface area contributed by atoms with Crippen molar-refractivity contribution in [3.63, 3.8) is 0 Å². The molecule has 0 bridgehead atoms. The summed E-state index contributed by atoms with van der Waals surface area (Å²) in [5, 5.41) is 19.4. The van der Waals surface area contributed by atoms with Crippen LogP contribution in [0.25, 0.3) is 67.8 Å². The van der Waals surface area contributed by atoms with Gasteiger partial charge in [0.2, 0.25) is 0 Å². The number of hydrogen-bond donors (Lipinski definition) is 0. The van der Waals surface area contributed by atoms with E-state index in [0.717, 1.165) is 61.8 Å². The summed E-state index contributed by atoms with van der Waals surface area (Å²) in [7, 11) is -0.881. The number of benzene rings is 6. The topological polar surface area (TPSA) is 107 Å². The Balaban J connectivity index is 0.000000168. The molecule has 322 valence electrons. The fourth-order valence-electron chi connectivity index (χ4n) is 7.71. The molecule has 10 aromatic rings. The van der Waals surface area contributed by atoms with Crippen molar-refractivity contribution in [2.24, 2.45) is 0 Å². The third kappa shape index (κ3) is 8.83. The van der Waals surface area contributed by atoms with Crippen molar-refractivity contribution in [2.75, 3.05) is 13.2 Å². The summed E-state index contributed by atoms with van der Waals surface area (Å²) in [4.78, 5) is 0. The number of hydrogen-bond acceptors (Lipinski definition) is 7. The SMILES string of the molecule is CCOP(=O)(OCC)c1ccnn1-c1c(-c2ccccc2)nn(-c2ccccc2)c1-c1ccccc1.Pc1ccnn1-c1c(-c2ccccc2)nn(-c2ccccc2)c1-c1ccccc1. The van der Waals surface area contributed by atoms with E-state index in [9.17, 15) is 4.57 Å². The molecule has 0 amide bonds. The van der Waals surface area contributed by atoms with E-state index in [-0.39, 0.29) is 13.2 Å². The molecule has 0 radical (unpaired) electrons. The Labute approximate surface area is 380 Å². The van der Waals surface area contributed by atoms with Gasteiger partial charge in [0.05, 0.1) is 42.4 Å². The van der Waals surface area contributed by atoms with E-state index in [2.05, 4.69) is 55.8 Å². The first-order valence-corrected chi connectivity index (χ1v) is 23.4. The molecule has 1 unspecified atom stereocenters. The molecule has 10 rings (SSSR count). The van der Waals surface area contributed by atoms with E-state index < -0.39 is 7.60 Å². The lowest BCUT2D eigenvalue weighted by atomic mass is 10.1. The molecule has 0 aliphatic carbocycles. The molecule has 6 aromatic carbocycles. The van der Waals surface area contributed by atoms with E-state index in [0.29, 0.717) is 16.8 Å². The number of para-hydroxylation sites is 2. The fraction of sp³-hybridized carbons (Fsp3) is 0.0769. The summed E-state index contributed by atoms with van der Waals surface area (Å²) in [6.45, 7) is 4.07. The molecule has 0 saturated carbocycles. The Morgan fingerprint density at radius 2 is 0.800 bits per heavy atom. The van der Waals surface area contributed by atoms with Gasteiger partial charge < -0.3 is 9.05 Å². The molecule has 1 atom stereocenters. The van der Waals surface area contributed by atoms with Gasteiger partial charge in [-0.2, -0.15) is 20.4 Å². The average Bonchev–Trinajstić information content (AvgIpc) is 4.19. The van der Waals surface area contributed by atoms with Crippen molar-refractivity contribution in [1.82, 2.24) is 39.1 Å². The molecule has 11 nitrogen and oxygen atoms in total. The molecule has 4 aromatic heterocycles. The summed E-state index contributed by atoms with van der Waals surface area (Å²) in [5.41, 5.74) is 12.3. The first-order chi connectivity index (χ1) is 32.0. The highest BCUT2D eigenvalue weighted by molar-refractivity contribution is 7.62. The maximum absolute atomic E-state index is 13.9. The van der Waals surface area contributed by atoms with E-state index in [4.69, 9.17) is 19.2 Å². The van der Waals surface area contributed by atoms with Crippen molar-refractivity contribution >= 4 is 27.7 Å². The number of aromatic nitrogens is 8. The molecule has 13 heteroatoms. The Kier molecular flexibility index (Phi) is 13.0. The molecule has 0 aliphatic rings. The molecule has 0 N–H and O–H groups in total. The van der Waals surface area contributed by atoms with Crippen LogP contribution < -0.4 is 10.9 Å². The van der Waals surface area contributed by atoms with Crippen LogP contribution in [0.15, 0.2) is 207 Å². The van der Waals surface area contributed by atoms with Crippen molar-refractivity contribution in [3.05, 3.63) is 207 Å². The largest absolute Gasteiger partial charge is 0.379 e. The minimum atomic E-state index is -3.65. The van der Waals surface area contributed by atoms with Crippen LogP contribution in [-0.4, -0.2) is 52.3 Å². The predicted octanol–water partition coefficient (Wildman–Crippen LogP) is 11.2. The van der Waals surface area contributed by atoms with E-state index in [1.165, 1.54) is 0 Å². The van der Waals surface area contributed by atoms with Gasteiger partial charge in [0.15, 0.2) is 5.44 Å². The van der Waals surface area contributed by atoms with Crippen molar-refractivity contribution in [1.29, 1.82) is 0 Å². The molecule has 65 heavy (non-hydrogen) atoms. The van der Waals surface area contributed by atoms with Gasteiger partial charge in [0.1, 0.15) is 34.2 Å². The molecule has 4 heterocycles. The monoisotopic (exact) mass is 892 g/mol. The number of nitrogens with zero attached hydrogens (tertiary/aromatic N) is 8. The highest BCUT2D eigenvalue weighted by atomic mass is 31.2. The van der Waals surface area contributed by atoms with Crippen LogP contribution in [-0.2, 0) is 13.6 Å². The highest BCUT2D eigenvalue weighted by Crippen LogP contribution is 2.48. The van der Waals surface area contributed by atoms with Crippen LogP contribution in [0.4, 0.5) is 0 Å². The minimum absolute atomic E-state index is 0.239. The zero-order chi connectivity index (χ0) is 44.6. The predicted molar refractivity (Wildman–Crippen MR) is 263 cm³/mol.